The van der Waals surface area contributed by atoms with E-state index in [1.165, 1.54) is 24.8 Å². The fourth-order valence-corrected chi connectivity index (χ4v) is 5.70. The Balaban J connectivity index is 1.32. The van der Waals surface area contributed by atoms with Gasteiger partial charge in [0.25, 0.3) is 0 Å². The number of aryl methyl sites for hydroxylation is 1. The lowest BCUT2D eigenvalue weighted by Crippen LogP contribution is -2.40. The molecule has 0 amide bonds. The SMILES string of the molecule is CCC1CCN(Cc2cnc(C(O)(c3ccccc3)c3ccccc3)o2)CC1CCc1ccccc1. The third-order valence-corrected chi connectivity index (χ3v) is 7.77. The van der Waals surface area contributed by atoms with Crippen molar-refractivity contribution in [3.8, 4) is 0 Å². The Morgan fingerprint density at radius 2 is 1.50 bits per heavy atom. The summed E-state index contributed by atoms with van der Waals surface area (Å²) in [6.45, 7) is 5.18. The molecule has 1 aliphatic rings. The van der Waals surface area contributed by atoms with E-state index in [1.54, 1.807) is 6.20 Å². The maximum Gasteiger partial charge on any atom is 0.236 e. The van der Waals surface area contributed by atoms with E-state index in [2.05, 4.69) is 47.1 Å². The standard InChI is InChI=1S/C32H36N2O2/c1-2-26-20-21-34(23-27(26)19-18-25-12-6-3-7-13-25)24-30-22-33-31(36-30)32(35,28-14-8-4-9-15-28)29-16-10-5-11-17-29/h3-17,22,26-27,35H,2,18-21,23-24H2,1H3. The van der Waals surface area contributed by atoms with E-state index in [-0.39, 0.29) is 0 Å². The van der Waals surface area contributed by atoms with E-state index in [0.717, 1.165) is 42.3 Å². The van der Waals surface area contributed by atoms with E-state index in [9.17, 15) is 5.11 Å². The summed E-state index contributed by atoms with van der Waals surface area (Å²) in [5, 5.41) is 12.0. The summed E-state index contributed by atoms with van der Waals surface area (Å²) in [6.07, 6.45) is 6.58. The summed E-state index contributed by atoms with van der Waals surface area (Å²) in [6, 6.07) is 30.1. The summed E-state index contributed by atoms with van der Waals surface area (Å²) in [4.78, 5) is 7.09. The van der Waals surface area contributed by atoms with Crippen molar-refractivity contribution in [1.82, 2.24) is 9.88 Å². The highest BCUT2D eigenvalue weighted by atomic mass is 16.4. The fraction of sp³-hybridized carbons (Fsp3) is 0.344. The summed E-state index contributed by atoms with van der Waals surface area (Å²) in [5.74, 6) is 2.57. The van der Waals surface area contributed by atoms with E-state index >= 15 is 0 Å². The minimum atomic E-state index is -1.44. The van der Waals surface area contributed by atoms with Gasteiger partial charge in [0.2, 0.25) is 5.89 Å². The van der Waals surface area contributed by atoms with Crippen molar-refractivity contribution < 1.29 is 9.52 Å². The Hall–Kier alpha value is -3.21. The molecular formula is C32H36N2O2. The van der Waals surface area contributed by atoms with Gasteiger partial charge in [0.05, 0.1) is 12.7 Å². The zero-order valence-corrected chi connectivity index (χ0v) is 21.1. The first kappa shape index (κ1) is 24.5. The Kier molecular flexibility index (Phi) is 7.64. The second-order valence-electron chi connectivity index (χ2n) is 10.1. The highest BCUT2D eigenvalue weighted by molar-refractivity contribution is 5.41. The molecule has 4 heteroatoms. The van der Waals surface area contributed by atoms with Crippen LogP contribution in [0.15, 0.2) is 102 Å². The molecule has 2 heterocycles. The van der Waals surface area contributed by atoms with Crippen LogP contribution < -0.4 is 0 Å². The lowest BCUT2D eigenvalue weighted by atomic mass is 9.80. The van der Waals surface area contributed by atoms with Crippen molar-refractivity contribution >= 4 is 0 Å². The minimum Gasteiger partial charge on any atom is -0.441 e. The number of hydrogen-bond donors (Lipinski definition) is 1. The largest absolute Gasteiger partial charge is 0.441 e. The zero-order valence-electron chi connectivity index (χ0n) is 21.1. The van der Waals surface area contributed by atoms with Gasteiger partial charge in [-0.3, -0.25) is 4.90 Å². The molecule has 1 fully saturated rings. The van der Waals surface area contributed by atoms with Gasteiger partial charge in [-0.25, -0.2) is 4.98 Å². The maximum absolute atomic E-state index is 12.0. The number of likely N-dealkylation sites (tertiary alicyclic amines) is 1. The molecule has 1 saturated heterocycles. The minimum absolute atomic E-state index is 0.318. The van der Waals surface area contributed by atoms with Crippen LogP contribution in [-0.2, 0) is 18.6 Å². The quantitative estimate of drug-likeness (QED) is 0.299. The van der Waals surface area contributed by atoms with Crippen molar-refractivity contribution in [3.63, 3.8) is 0 Å². The molecular weight excluding hydrogens is 444 g/mol. The molecule has 36 heavy (non-hydrogen) atoms. The van der Waals surface area contributed by atoms with Crippen LogP contribution in [0.5, 0.6) is 0 Å². The Bertz CT molecular complexity index is 1170. The number of piperidine rings is 1. The summed E-state index contributed by atoms with van der Waals surface area (Å²) in [7, 11) is 0. The van der Waals surface area contributed by atoms with E-state index in [1.807, 2.05) is 60.7 Å². The summed E-state index contributed by atoms with van der Waals surface area (Å²) < 4.78 is 6.28. The van der Waals surface area contributed by atoms with Crippen molar-refractivity contribution in [2.75, 3.05) is 13.1 Å². The molecule has 1 aromatic heterocycles. The van der Waals surface area contributed by atoms with Crippen molar-refractivity contribution in [3.05, 3.63) is 126 Å². The molecule has 4 aromatic rings. The van der Waals surface area contributed by atoms with Gasteiger partial charge in [-0.05, 0) is 54.3 Å². The first-order chi connectivity index (χ1) is 17.7. The first-order valence-corrected chi connectivity index (χ1v) is 13.2. The van der Waals surface area contributed by atoms with Gasteiger partial charge < -0.3 is 9.52 Å². The van der Waals surface area contributed by atoms with E-state index in [0.29, 0.717) is 18.4 Å². The third-order valence-electron chi connectivity index (χ3n) is 7.77. The van der Waals surface area contributed by atoms with Crippen molar-refractivity contribution in [1.29, 1.82) is 0 Å². The number of aromatic nitrogens is 1. The molecule has 3 aromatic carbocycles. The van der Waals surface area contributed by atoms with Crippen LogP contribution in [0, 0.1) is 11.8 Å². The van der Waals surface area contributed by atoms with Gasteiger partial charge in [0.15, 0.2) is 5.60 Å². The second kappa shape index (κ2) is 11.2. The molecule has 2 unspecified atom stereocenters. The molecule has 1 N–H and O–H groups in total. The number of hydrogen-bond acceptors (Lipinski definition) is 4. The molecule has 1 aliphatic heterocycles. The third kappa shape index (κ3) is 5.30. The molecule has 0 radical (unpaired) electrons. The van der Waals surface area contributed by atoms with Crippen LogP contribution in [0.1, 0.15) is 54.5 Å². The predicted octanol–water partition coefficient (Wildman–Crippen LogP) is 6.44. The van der Waals surface area contributed by atoms with Gasteiger partial charge in [0, 0.05) is 6.54 Å². The topological polar surface area (TPSA) is 49.5 Å². The number of rotatable bonds is 9. The first-order valence-electron chi connectivity index (χ1n) is 13.2. The Labute approximate surface area is 214 Å². The molecule has 5 rings (SSSR count). The van der Waals surface area contributed by atoms with Gasteiger partial charge in [-0.2, -0.15) is 0 Å². The number of benzene rings is 3. The fourth-order valence-electron chi connectivity index (χ4n) is 5.70. The number of nitrogens with zero attached hydrogens (tertiary/aromatic N) is 2. The molecule has 2 atom stereocenters. The van der Waals surface area contributed by atoms with Crippen LogP contribution in [0.2, 0.25) is 0 Å². The van der Waals surface area contributed by atoms with Crippen molar-refractivity contribution in [2.24, 2.45) is 11.8 Å². The molecule has 0 spiro atoms. The van der Waals surface area contributed by atoms with E-state index in [4.69, 9.17) is 4.42 Å². The molecule has 0 aliphatic carbocycles. The van der Waals surface area contributed by atoms with Gasteiger partial charge in [-0.15, -0.1) is 0 Å². The highest BCUT2D eigenvalue weighted by Gasteiger charge is 2.39. The van der Waals surface area contributed by atoms with Crippen molar-refractivity contribution in [2.45, 2.75) is 44.8 Å². The molecule has 4 nitrogen and oxygen atoms in total. The number of oxazole rings is 1. The Morgan fingerprint density at radius 3 is 2.11 bits per heavy atom. The summed E-state index contributed by atoms with van der Waals surface area (Å²) in [5.41, 5.74) is 1.47. The molecule has 186 valence electrons. The zero-order chi connectivity index (χ0) is 24.8. The van der Waals surface area contributed by atoms with Crippen LogP contribution >= 0.6 is 0 Å². The normalized spacial score (nSPS) is 18.8. The monoisotopic (exact) mass is 480 g/mol. The lowest BCUT2D eigenvalue weighted by Gasteiger charge is -2.38. The number of aliphatic hydroxyl groups is 1. The van der Waals surface area contributed by atoms with Gasteiger partial charge >= 0.3 is 0 Å². The molecule has 0 bridgehead atoms. The van der Waals surface area contributed by atoms with Crippen LogP contribution in [0.3, 0.4) is 0 Å². The van der Waals surface area contributed by atoms with Crippen LogP contribution in [0.4, 0.5) is 0 Å². The van der Waals surface area contributed by atoms with Crippen LogP contribution in [0.25, 0.3) is 0 Å². The van der Waals surface area contributed by atoms with Gasteiger partial charge in [0.1, 0.15) is 5.76 Å². The maximum atomic E-state index is 12.0. The average Bonchev–Trinajstić information content (AvgIpc) is 3.42. The predicted molar refractivity (Wildman–Crippen MR) is 143 cm³/mol. The smallest absolute Gasteiger partial charge is 0.236 e. The second-order valence-corrected chi connectivity index (χ2v) is 10.1. The van der Waals surface area contributed by atoms with E-state index < -0.39 is 5.60 Å². The van der Waals surface area contributed by atoms with Gasteiger partial charge in [-0.1, -0.05) is 104 Å². The van der Waals surface area contributed by atoms with Crippen LogP contribution in [-0.4, -0.2) is 28.1 Å². The Morgan fingerprint density at radius 1 is 0.889 bits per heavy atom. The lowest BCUT2D eigenvalue weighted by molar-refractivity contribution is 0.0809. The molecule has 0 saturated carbocycles. The summed E-state index contributed by atoms with van der Waals surface area (Å²) >= 11 is 0. The highest BCUT2D eigenvalue weighted by Crippen LogP contribution is 2.37. The average molecular weight is 481 g/mol.